The fourth-order valence-electron chi connectivity index (χ4n) is 1.81. The molecule has 4 heteroatoms. The van der Waals surface area contributed by atoms with Gasteiger partial charge >= 0.3 is 0 Å². The number of rotatable bonds is 2. The summed E-state index contributed by atoms with van der Waals surface area (Å²) >= 11 is 0. The molecule has 0 unspecified atom stereocenters. The molecule has 2 atom stereocenters. The van der Waals surface area contributed by atoms with Gasteiger partial charge in [0.2, 0.25) is 0 Å². The lowest BCUT2D eigenvalue weighted by Gasteiger charge is -2.22. The Bertz CT molecular complexity index is 405. The van der Waals surface area contributed by atoms with Crippen LogP contribution in [0, 0.1) is 0 Å². The van der Waals surface area contributed by atoms with Crippen molar-refractivity contribution < 1.29 is 19.0 Å². The van der Waals surface area contributed by atoms with Crippen LogP contribution in [0.2, 0.25) is 0 Å². The molecule has 1 aliphatic heterocycles. The van der Waals surface area contributed by atoms with Crippen LogP contribution in [0.3, 0.4) is 0 Å². The fraction of sp³-hybridized carbons (Fsp3) is 0.364. The number of aliphatic hydroxyl groups is 1. The summed E-state index contributed by atoms with van der Waals surface area (Å²) in [5.74, 6) is 0.0224. The van der Waals surface area contributed by atoms with E-state index in [1.807, 2.05) is 0 Å². The highest BCUT2D eigenvalue weighted by molar-refractivity contribution is 5.77. The zero-order chi connectivity index (χ0) is 11.1. The number of ether oxygens (including phenoxy) is 1. The van der Waals surface area contributed by atoms with Gasteiger partial charge < -0.3 is 9.84 Å². The lowest BCUT2D eigenvalue weighted by Crippen LogP contribution is -2.36. The van der Waals surface area contributed by atoms with Crippen LogP contribution in [0.25, 0.3) is 0 Å². The SMILES string of the molecule is CC(=O)C[C@@]1(O)c2ccccc2O[C@@H]1F. The number of benzene rings is 1. The molecule has 1 aromatic rings. The second kappa shape index (κ2) is 3.31. The maximum absolute atomic E-state index is 13.5. The van der Waals surface area contributed by atoms with Crippen molar-refractivity contribution in [2.75, 3.05) is 0 Å². The Morgan fingerprint density at radius 2 is 2.27 bits per heavy atom. The summed E-state index contributed by atoms with van der Waals surface area (Å²) in [5, 5.41) is 10.1. The lowest BCUT2D eigenvalue weighted by molar-refractivity contribution is -0.137. The Morgan fingerprint density at radius 3 is 2.93 bits per heavy atom. The Balaban J connectivity index is 2.44. The van der Waals surface area contributed by atoms with E-state index in [2.05, 4.69) is 0 Å². The molecule has 3 nitrogen and oxygen atoms in total. The molecule has 0 saturated heterocycles. The number of alkyl halides is 1. The number of para-hydroxylation sites is 1. The van der Waals surface area contributed by atoms with Crippen molar-refractivity contribution >= 4 is 5.78 Å². The fourth-order valence-corrected chi connectivity index (χ4v) is 1.81. The lowest BCUT2D eigenvalue weighted by atomic mass is 9.90. The van der Waals surface area contributed by atoms with Crippen molar-refractivity contribution in [1.82, 2.24) is 0 Å². The predicted molar refractivity (Wildman–Crippen MR) is 51.2 cm³/mol. The van der Waals surface area contributed by atoms with E-state index in [4.69, 9.17) is 4.74 Å². The predicted octanol–water partition coefficient (Wildman–Crippen LogP) is 1.54. The zero-order valence-corrected chi connectivity index (χ0v) is 8.24. The van der Waals surface area contributed by atoms with E-state index in [-0.39, 0.29) is 12.2 Å². The second-order valence-corrected chi connectivity index (χ2v) is 3.73. The van der Waals surface area contributed by atoms with Crippen molar-refractivity contribution in [3.8, 4) is 5.75 Å². The molecule has 1 heterocycles. The monoisotopic (exact) mass is 210 g/mol. The number of Topliss-reactive ketones (excluding diaryl/α,β-unsaturated/α-hetero) is 1. The minimum atomic E-state index is -1.88. The number of hydrogen-bond donors (Lipinski definition) is 1. The average molecular weight is 210 g/mol. The number of hydrogen-bond acceptors (Lipinski definition) is 3. The summed E-state index contributed by atoms with van der Waals surface area (Å²) in [4.78, 5) is 11.0. The van der Waals surface area contributed by atoms with Crippen molar-refractivity contribution in [2.24, 2.45) is 0 Å². The second-order valence-electron chi connectivity index (χ2n) is 3.73. The first-order valence-corrected chi connectivity index (χ1v) is 4.66. The summed E-state index contributed by atoms with van der Waals surface area (Å²) in [6, 6.07) is 6.49. The smallest absolute Gasteiger partial charge is 0.271 e. The van der Waals surface area contributed by atoms with Crippen LogP contribution < -0.4 is 4.74 Å². The third-order valence-electron chi connectivity index (χ3n) is 2.48. The highest BCUT2D eigenvalue weighted by atomic mass is 19.1. The van der Waals surface area contributed by atoms with Gasteiger partial charge in [-0.25, -0.2) is 0 Å². The van der Waals surface area contributed by atoms with Gasteiger partial charge in [-0.15, -0.1) is 0 Å². The summed E-state index contributed by atoms with van der Waals surface area (Å²) in [6.07, 6.45) is -2.15. The molecule has 1 aromatic carbocycles. The molecular weight excluding hydrogens is 199 g/mol. The first-order chi connectivity index (χ1) is 7.04. The van der Waals surface area contributed by atoms with E-state index < -0.39 is 12.0 Å². The van der Waals surface area contributed by atoms with E-state index in [9.17, 15) is 14.3 Å². The van der Waals surface area contributed by atoms with Gasteiger partial charge in [-0.1, -0.05) is 18.2 Å². The third-order valence-corrected chi connectivity index (χ3v) is 2.48. The Kier molecular flexibility index (Phi) is 2.23. The normalized spacial score (nSPS) is 28.3. The topological polar surface area (TPSA) is 46.5 Å². The molecule has 80 valence electrons. The molecule has 15 heavy (non-hydrogen) atoms. The van der Waals surface area contributed by atoms with Crippen molar-refractivity contribution in [3.05, 3.63) is 29.8 Å². The van der Waals surface area contributed by atoms with Crippen LogP contribution >= 0.6 is 0 Å². The molecule has 1 N–H and O–H groups in total. The Labute approximate surface area is 86.5 Å². The third kappa shape index (κ3) is 1.51. The van der Waals surface area contributed by atoms with Gasteiger partial charge in [-0.3, -0.25) is 4.79 Å². The van der Waals surface area contributed by atoms with Crippen LogP contribution in [0.5, 0.6) is 5.75 Å². The number of fused-ring (bicyclic) bond motifs is 1. The minimum Gasteiger partial charge on any atom is -0.456 e. The molecule has 0 fully saturated rings. The Morgan fingerprint density at radius 1 is 1.60 bits per heavy atom. The van der Waals surface area contributed by atoms with E-state index >= 15 is 0 Å². The Hall–Kier alpha value is -1.42. The number of carbonyl (C=O) groups excluding carboxylic acids is 1. The summed E-state index contributed by atoms with van der Waals surface area (Å²) in [7, 11) is 0. The van der Waals surface area contributed by atoms with Crippen LogP contribution in [-0.2, 0) is 10.4 Å². The van der Waals surface area contributed by atoms with Crippen molar-refractivity contribution in [2.45, 2.75) is 25.3 Å². The van der Waals surface area contributed by atoms with E-state index in [1.54, 1.807) is 24.3 Å². The van der Waals surface area contributed by atoms with Crippen LogP contribution in [0.1, 0.15) is 18.9 Å². The van der Waals surface area contributed by atoms with Gasteiger partial charge in [0.15, 0.2) is 5.60 Å². The van der Waals surface area contributed by atoms with Crippen molar-refractivity contribution in [3.63, 3.8) is 0 Å². The van der Waals surface area contributed by atoms with Gasteiger partial charge in [0.1, 0.15) is 11.5 Å². The molecule has 0 spiro atoms. The molecule has 0 aromatic heterocycles. The average Bonchev–Trinajstić information content (AvgIpc) is 2.39. The largest absolute Gasteiger partial charge is 0.456 e. The van der Waals surface area contributed by atoms with E-state index in [0.717, 1.165) is 0 Å². The van der Waals surface area contributed by atoms with Gasteiger partial charge in [-0.05, 0) is 13.0 Å². The first-order valence-electron chi connectivity index (χ1n) is 4.66. The summed E-state index contributed by atoms with van der Waals surface area (Å²) < 4.78 is 18.4. The standard InChI is InChI=1S/C11H11FO3/c1-7(13)6-11(14)8-4-2-3-5-9(8)15-10(11)12/h2-5,10,14H,6H2,1H3/t10-,11+/m0/s1. The van der Waals surface area contributed by atoms with Crippen molar-refractivity contribution in [1.29, 1.82) is 0 Å². The first kappa shape index (κ1) is 10.1. The molecule has 0 radical (unpaired) electrons. The molecule has 0 aliphatic carbocycles. The molecule has 1 aliphatic rings. The molecule has 0 bridgehead atoms. The van der Waals surface area contributed by atoms with E-state index in [1.165, 1.54) is 6.92 Å². The molecule has 2 rings (SSSR count). The molecule has 0 amide bonds. The zero-order valence-electron chi connectivity index (χ0n) is 8.24. The quantitative estimate of drug-likeness (QED) is 0.805. The maximum atomic E-state index is 13.5. The number of carbonyl (C=O) groups is 1. The van der Waals surface area contributed by atoms with Gasteiger partial charge in [0.25, 0.3) is 6.36 Å². The van der Waals surface area contributed by atoms with Gasteiger partial charge in [0.05, 0.1) is 0 Å². The van der Waals surface area contributed by atoms with Gasteiger partial charge in [0, 0.05) is 12.0 Å². The molecule has 0 saturated carbocycles. The molecular formula is C11H11FO3. The highest BCUT2D eigenvalue weighted by Crippen LogP contribution is 2.43. The van der Waals surface area contributed by atoms with E-state index in [0.29, 0.717) is 11.3 Å². The van der Waals surface area contributed by atoms with Crippen LogP contribution in [-0.4, -0.2) is 17.2 Å². The highest BCUT2D eigenvalue weighted by Gasteiger charge is 2.48. The summed E-state index contributed by atoms with van der Waals surface area (Å²) in [6.45, 7) is 1.31. The number of ketones is 1. The minimum absolute atomic E-state index is 0.273. The van der Waals surface area contributed by atoms with Crippen LogP contribution in [0.4, 0.5) is 4.39 Å². The van der Waals surface area contributed by atoms with Crippen LogP contribution in [0.15, 0.2) is 24.3 Å². The van der Waals surface area contributed by atoms with Gasteiger partial charge in [-0.2, -0.15) is 4.39 Å². The number of halogens is 1. The maximum Gasteiger partial charge on any atom is 0.271 e. The summed E-state index contributed by atoms with van der Waals surface area (Å²) in [5.41, 5.74) is -1.49.